The molecule has 1 N–H and O–H groups in total. The molecule has 0 aliphatic carbocycles. The van der Waals surface area contributed by atoms with Gasteiger partial charge >= 0.3 is 0 Å². The number of hydrogen-bond donors (Lipinski definition) is 1. The van der Waals surface area contributed by atoms with Crippen molar-refractivity contribution in [3.05, 3.63) is 84.4 Å². The predicted molar refractivity (Wildman–Crippen MR) is 133 cm³/mol. The van der Waals surface area contributed by atoms with Crippen LogP contribution >= 0.6 is 11.8 Å². The molecule has 0 fully saturated rings. The molecule has 0 aliphatic rings. The number of nitrogens with one attached hydrogen (secondary N) is 1. The van der Waals surface area contributed by atoms with Gasteiger partial charge in [0.25, 0.3) is 0 Å². The van der Waals surface area contributed by atoms with Gasteiger partial charge in [0.15, 0.2) is 11.0 Å². The van der Waals surface area contributed by atoms with Gasteiger partial charge in [-0.3, -0.25) is 9.36 Å². The van der Waals surface area contributed by atoms with E-state index >= 15 is 0 Å². The fourth-order valence-corrected chi connectivity index (χ4v) is 4.32. The summed E-state index contributed by atoms with van der Waals surface area (Å²) < 4.78 is 7.29. The maximum absolute atomic E-state index is 12.8. The van der Waals surface area contributed by atoms with E-state index in [0.29, 0.717) is 18.3 Å². The van der Waals surface area contributed by atoms with E-state index in [2.05, 4.69) is 21.6 Å². The van der Waals surface area contributed by atoms with E-state index in [1.54, 1.807) is 7.11 Å². The SMILES string of the molecule is COCCn1c(SCC(=O)Nc2ccccc2-c2ccccc2)nnc1-c1cccc(C)c1. The molecule has 0 spiro atoms. The zero-order valence-corrected chi connectivity index (χ0v) is 19.5. The summed E-state index contributed by atoms with van der Waals surface area (Å²) in [6.45, 7) is 3.18. The van der Waals surface area contributed by atoms with Crippen molar-refractivity contribution in [2.45, 2.75) is 18.6 Å². The van der Waals surface area contributed by atoms with Crippen LogP contribution < -0.4 is 5.32 Å². The number of amides is 1. The van der Waals surface area contributed by atoms with E-state index in [-0.39, 0.29) is 11.7 Å². The number of para-hydroxylation sites is 1. The summed E-state index contributed by atoms with van der Waals surface area (Å²) in [7, 11) is 1.67. The first-order valence-electron chi connectivity index (χ1n) is 10.7. The van der Waals surface area contributed by atoms with E-state index in [1.165, 1.54) is 11.8 Å². The van der Waals surface area contributed by atoms with Crippen molar-refractivity contribution in [1.82, 2.24) is 14.8 Å². The number of methoxy groups -OCH3 is 1. The topological polar surface area (TPSA) is 69.0 Å². The minimum absolute atomic E-state index is 0.0956. The average molecular weight is 459 g/mol. The summed E-state index contributed by atoms with van der Waals surface area (Å²) in [6, 6.07) is 26.0. The fourth-order valence-electron chi connectivity index (χ4n) is 3.56. The van der Waals surface area contributed by atoms with Crippen molar-refractivity contribution < 1.29 is 9.53 Å². The Labute approximate surface area is 198 Å². The summed E-state index contributed by atoms with van der Waals surface area (Å²) >= 11 is 1.37. The summed E-state index contributed by atoms with van der Waals surface area (Å²) in [4.78, 5) is 12.8. The van der Waals surface area contributed by atoms with Crippen LogP contribution in [-0.2, 0) is 16.1 Å². The molecule has 168 valence electrons. The Balaban J connectivity index is 1.49. The van der Waals surface area contributed by atoms with E-state index in [0.717, 1.165) is 33.8 Å². The van der Waals surface area contributed by atoms with Crippen LogP contribution in [0.3, 0.4) is 0 Å². The second kappa shape index (κ2) is 10.9. The lowest BCUT2D eigenvalue weighted by atomic mass is 10.0. The molecule has 33 heavy (non-hydrogen) atoms. The molecular weight excluding hydrogens is 432 g/mol. The van der Waals surface area contributed by atoms with Crippen LogP contribution in [0.2, 0.25) is 0 Å². The Hall–Kier alpha value is -3.42. The van der Waals surface area contributed by atoms with Crippen LogP contribution in [0.5, 0.6) is 0 Å². The van der Waals surface area contributed by atoms with Crippen LogP contribution in [-0.4, -0.2) is 40.1 Å². The third kappa shape index (κ3) is 5.69. The van der Waals surface area contributed by atoms with Gasteiger partial charge in [-0.15, -0.1) is 10.2 Å². The Kier molecular flexibility index (Phi) is 7.55. The normalized spacial score (nSPS) is 10.8. The number of ether oxygens (including phenoxy) is 1. The van der Waals surface area contributed by atoms with Crippen LogP contribution in [0.15, 0.2) is 84.0 Å². The highest BCUT2D eigenvalue weighted by Gasteiger charge is 2.16. The van der Waals surface area contributed by atoms with Gasteiger partial charge in [-0.2, -0.15) is 0 Å². The molecule has 0 unspecified atom stereocenters. The second-order valence-electron chi connectivity index (χ2n) is 7.57. The fraction of sp³-hybridized carbons (Fsp3) is 0.192. The molecule has 4 aromatic rings. The summed E-state index contributed by atoms with van der Waals surface area (Å²) in [5, 5.41) is 12.5. The highest BCUT2D eigenvalue weighted by Crippen LogP contribution is 2.28. The number of thioether (sulfide) groups is 1. The smallest absolute Gasteiger partial charge is 0.234 e. The quantitative estimate of drug-likeness (QED) is 0.345. The average Bonchev–Trinajstić information content (AvgIpc) is 3.25. The first-order chi connectivity index (χ1) is 16.2. The predicted octanol–water partition coefficient (Wildman–Crippen LogP) is 5.30. The zero-order valence-electron chi connectivity index (χ0n) is 18.7. The standard InChI is InChI=1S/C26H26N4O2S/c1-19-9-8-12-21(17-19)25-28-29-26(30(25)15-16-32-2)33-18-24(31)27-23-14-7-6-13-22(23)20-10-4-3-5-11-20/h3-14,17H,15-16,18H2,1-2H3,(H,27,31). The Bertz CT molecular complexity index is 1220. The molecule has 1 amide bonds. The van der Waals surface area contributed by atoms with Gasteiger partial charge in [0.05, 0.1) is 18.9 Å². The lowest BCUT2D eigenvalue weighted by molar-refractivity contribution is -0.113. The monoisotopic (exact) mass is 458 g/mol. The number of carbonyl (C=O) groups excluding carboxylic acids is 1. The molecule has 7 heteroatoms. The molecule has 0 atom stereocenters. The molecule has 0 aliphatic heterocycles. The van der Waals surface area contributed by atoms with Crippen molar-refractivity contribution in [2.24, 2.45) is 0 Å². The Morgan fingerprint density at radius 2 is 1.73 bits per heavy atom. The largest absolute Gasteiger partial charge is 0.383 e. The highest BCUT2D eigenvalue weighted by molar-refractivity contribution is 7.99. The Morgan fingerprint density at radius 1 is 0.970 bits per heavy atom. The van der Waals surface area contributed by atoms with Crippen molar-refractivity contribution in [3.63, 3.8) is 0 Å². The number of carbonyl (C=O) groups is 1. The van der Waals surface area contributed by atoms with Crippen LogP contribution in [0.25, 0.3) is 22.5 Å². The molecule has 0 saturated heterocycles. The molecule has 1 aromatic heterocycles. The molecule has 0 bridgehead atoms. The molecule has 6 nitrogen and oxygen atoms in total. The third-order valence-electron chi connectivity index (χ3n) is 5.13. The number of aryl methyl sites for hydroxylation is 1. The summed E-state index contributed by atoms with van der Waals surface area (Å²) in [5.74, 6) is 0.900. The molecule has 0 saturated carbocycles. The number of hydrogen-bond acceptors (Lipinski definition) is 5. The summed E-state index contributed by atoms with van der Waals surface area (Å²) in [5.41, 5.74) is 4.98. The first-order valence-corrected chi connectivity index (χ1v) is 11.7. The van der Waals surface area contributed by atoms with Crippen molar-refractivity contribution in [1.29, 1.82) is 0 Å². The Morgan fingerprint density at radius 3 is 2.52 bits per heavy atom. The van der Waals surface area contributed by atoms with Crippen LogP contribution in [0.4, 0.5) is 5.69 Å². The third-order valence-corrected chi connectivity index (χ3v) is 6.10. The molecule has 4 rings (SSSR count). The first kappa shape index (κ1) is 22.8. The van der Waals surface area contributed by atoms with E-state index in [1.807, 2.05) is 84.3 Å². The van der Waals surface area contributed by atoms with Crippen molar-refractivity contribution in [2.75, 3.05) is 24.8 Å². The summed E-state index contributed by atoms with van der Waals surface area (Å²) in [6.07, 6.45) is 0. The number of nitrogens with zero attached hydrogens (tertiary/aromatic N) is 3. The van der Waals surface area contributed by atoms with Crippen molar-refractivity contribution in [3.8, 4) is 22.5 Å². The van der Waals surface area contributed by atoms with Crippen molar-refractivity contribution >= 4 is 23.4 Å². The molecule has 3 aromatic carbocycles. The zero-order chi connectivity index (χ0) is 23.0. The number of benzene rings is 3. The lowest BCUT2D eigenvalue weighted by Crippen LogP contribution is -2.15. The van der Waals surface area contributed by atoms with Crippen LogP contribution in [0, 0.1) is 6.92 Å². The maximum atomic E-state index is 12.8. The van der Waals surface area contributed by atoms with Gasteiger partial charge in [0, 0.05) is 23.9 Å². The van der Waals surface area contributed by atoms with Gasteiger partial charge in [0.2, 0.25) is 5.91 Å². The van der Waals surface area contributed by atoms with Gasteiger partial charge in [-0.25, -0.2) is 0 Å². The van der Waals surface area contributed by atoms with E-state index < -0.39 is 0 Å². The molecular formula is C26H26N4O2S. The minimum atomic E-state index is -0.0956. The van der Waals surface area contributed by atoms with Gasteiger partial charge in [-0.05, 0) is 24.6 Å². The maximum Gasteiger partial charge on any atom is 0.234 e. The second-order valence-corrected chi connectivity index (χ2v) is 8.51. The number of rotatable bonds is 9. The molecule has 0 radical (unpaired) electrons. The van der Waals surface area contributed by atoms with Gasteiger partial charge < -0.3 is 10.1 Å². The number of aromatic nitrogens is 3. The number of anilines is 1. The van der Waals surface area contributed by atoms with E-state index in [9.17, 15) is 4.79 Å². The van der Waals surface area contributed by atoms with Gasteiger partial charge in [-0.1, -0.05) is 84.1 Å². The van der Waals surface area contributed by atoms with E-state index in [4.69, 9.17) is 4.74 Å². The molecule has 1 heterocycles. The minimum Gasteiger partial charge on any atom is -0.383 e. The van der Waals surface area contributed by atoms with Crippen LogP contribution in [0.1, 0.15) is 5.56 Å². The lowest BCUT2D eigenvalue weighted by Gasteiger charge is -2.12. The van der Waals surface area contributed by atoms with Gasteiger partial charge in [0.1, 0.15) is 0 Å². The highest BCUT2D eigenvalue weighted by atomic mass is 32.2.